The fourth-order valence-corrected chi connectivity index (χ4v) is 10.3. The predicted octanol–water partition coefficient (Wildman–Crippen LogP) is 15.9. The SMILES string of the molecule is CC1(C)c2ccccc2N(c2ccccc2)c2c1ccc1c3ccccc3n(-c3c(-c4ccccc4)cc(-c4nc(-c5ccccc5)c(C#N)c(-c5ccccc5)n4)cc3-c3ccccc3)c21. The van der Waals surface area contributed by atoms with Crippen LogP contribution in [0.5, 0.6) is 0 Å². The third kappa shape index (κ3) is 6.45. The number of aromatic nitrogens is 3. The van der Waals surface area contributed by atoms with Crippen molar-refractivity contribution in [2.24, 2.45) is 0 Å². The number of nitrogens with zero attached hydrogens (tertiary/aromatic N) is 5. The van der Waals surface area contributed by atoms with Gasteiger partial charge in [-0.1, -0.05) is 202 Å². The second kappa shape index (κ2) is 16.0. The molecule has 0 aliphatic carbocycles. The van der Waals surface area contributed by atoms with Crippen LogP contribution in [0, 0.1) is 11.3 Å². The molecule has 67 heavy (non-hydrogen) atoms. The first-order chi connectivity index (χ1) is 33.0. The van der Waals surface area contributed by atoms with Gasteiger partial charge in [0.15, 0.2) is 5.82 Å². The quantitative estimate of drug-likeness (QED) is 0.160. The Morgan fingerprint density at radius 1 is 0.448 bits per heavy atom. The third-order valence-electron chi connectivity index (χ3n) is 13.4. The first-order valence-corrected chi connectivity index (χ1v) is 22.7. The topological polar surface area (TPSA) is 57.7 Å². The van der Waals surface area contributed by atoms with Crippen molar-refractivity contribution in [1.29, 1.82) is 5.26 Å². The van der Waals surface area contributed by atoms with E-state index in [9.17, 15) is 5.26 Å². The average molecular weight is 858 g/mol. The molecule has 0 amide bonds. The Kier molecular flexibility index (Phi) is 9.48. The van der Waals surface area contributed by atoms with Crippen LogP contribution in [0.15, 0.2) is 224 Å². The summed E-state index contributed by atoms with van der Waals surface area (Å²) in [6.07, 6.45) is 0. The zero-order chi connectivity index (χ0) is 45.1. The maximum Gasteiger partial charge on any atom is 0.160 e. The number of anilines is 3. The van der Waals surface area contributed by atoms with Crippen LogP contribution in [0.2, 0.25) is 0 Å². The maximum atomic E-state index is 10.8. The van der Waals surface area contributed by atoms with Crippen LogP contribution >= 0.6 is 0 Å². The Hall–Kier alpha value is -8.85. The van der Waals surface area contributed by atoms with Gasteiger partial charge in [0.2, 0.25) is 0 Å². The van der Waals surface area contributed by atoms with Crippen molar-refractivity contribution in [1.82, 2.24) is 14.5 Å². The second-order valence-corrected chi connectivity index (χ2v) is 17.6. The number of para-hydroxylation sites is 3. The van der Waals surface area contributed by atoms with Gasteiger partial charge in [0.1, 0.15) is 11.6 Å². The molecule has 0 fully saturated rings. The fraction of sp³-hybridized carbons (Fsp3) is 0.0484. The first-order valence-electron chi connectivity index (χ1n) is 22.7. The van der Waals surface area contributed by atoms with Gasteiger partial charge < -0.3 is 9.47 Å². The molecule has 0 bridgehead atoms. The van der Waals surface area contributed by atoms with E-state index in [0.717, 1.165) is 67.0 Å². The zero-order valence-corrected chi connectivity index (χ0v) is 37.1. The minimum atomic E-state index is -0.319. The summed E-state index contributed by atoms with van der Waals surface area (Å²) in [4.78, 5) is 13.1. The van der Waals surface area contributed by atoms with Crippen molar-refractivity contribution in [2.45, 2.75) is 19.3 Å². The molecular formula is C62H43N5. The molecule has 1 aliphatic heterocycles. The number of rotatable bonds is 7. The Morgan fingerprint density at radius 2 is 0.940 bits per heavy atom. The Bertz CT molecular complexity index is 3580. The molecule has 0 N–H and O–H groups in total. The summed E-state index contributed by atoms with van der Waals surface area (Å²) in [6.45, 7) is 4.72. The number of nitriles is 1. The van der Waals surface area contributed by atoms with Gasteiger partial charge >= 0.3 is 0 Å². The minimum absolute atomic E-state index is 0.319. The van der Waals surface area contributed by atoms with E-state index in [1.54, 1.807) is 0 Å². The van der Waals surface area contributed by atoms with Crippen molar-refractivity contribution in [2.75, 3.05) is 4.90 Å². The molecule has 0 radical (unpaired) electrons. The summed E-state index contributed by atoms with van der Waals surface area (Å²) >= 11 is 0. The largest absolute Gasteiger partial charge is 0.308 e. The molecule has 1 aliphatic rings. The number of benzene rings is 9. The van der Waals surface area contributed by atoms with E-state index in [1.165, 1.54) is 27.6 Å². The summed E-state index contributed by atoms with van der Waals surface area (Å²) < 4.78 is 2.53. The molecule has 5 heteroatoms. The molecule has 0 spiro atoms. The van der Waals surface area contributed by atoms with Gasteiger partial charge in [0, 0.05) is 49.7 Å². The maximum absolute atomic E-state index is 10.8. The van der Waals surface area contributed by atoms with E-state index in [1.807, 2.05) is 60.7 Å². The van der Waals surface area contributed by atoms with E-state index in [-0.39, 0.29) is 5.41 Å². The van der Waals surface area contributed by atoms with Crippen LogP contribution in [-0.4, -0.2) is 14.5 Å². The van der Waals surface area contributed by atoms with Crippen molar-refractivity contribution >= 4 is 38.9 Å². The normalized spacial score (nSPS) is 12.7. The molecular weight excluding hydrogens is 815 g/mol. The van der Waals surface area contributed by atoms with Crippen molar-refractivity contribution in [3.8, 4) is 67.9 Å². The Labute approximate surface area is 390 Å². The van der Waals surface area contributed by atoms with Gasteiger partial charge in [0.25, 0.3) is 0 Å². The van der Waals surface area contributed by atoms with E-state index < -0.39 is 0 Å². The van der Waals surface area contributed by atoms with Gasteiger partial charge in [0.05, 0.1) is 39.5 Å². The summed E-state index contributed by atoms with van der Waals surface area (Å²) in [5.41, 5.74) is 17.2. The van der Waals surface area contributed by atoms with Gasteiger partial charge in [-0.15, -0.1) is 0 Å². The second-order valence-electron chi connectivity index (χ2n) is 17.6. The molecule has 0 saturated carbocycles. The van der Waals surface area contributed by atoms with E-state index in [0.29, 0.717) is 22.8 Å². The molecule has 5 nitrogen and oxygen atoms in total. The van der Waals surface area contributed by atoms with Crippen molar-refractivity contribution in [3.05, 3.63) is 241 Å². The van der Waals surface area contributed by atoms with Crippen LogP contribution in [-0.2, 0) is 5.41 Å². The van der Waals surface area contributed by atoms with Crippen LogP contribution in [0.1, 0.15) is 30.5 Å². The molecule has 0 unspecified atom stereocenters. The highest BCUT2D eigenvalue weighted by Crippen LogP contribution is 2.56. The van der Waals surface area contributed by atoms with E-state index >= 15 is 0 Å². The fourth-order valence-electron chi connectivity index (χ4n) is 10.3. The highest BCUT2D eigenvalue weighted by Gasteiger charge is 2.39. The number of hydrogen-bond donors (Lipinski definition) is 0. The summed E-state index contributed by atoms with van der Waals surface area (Å²) in [7, 11) is 0. The summed E-state index contributed by atoms with van der Waals surface area (Å²) in [5.74, 6) is 0.533. The molecule has 3 heterocycles. The predicted molar refractivity (Wildman–Crippen MR) is 275 cm³/mol. The first kappa shape index (κ1) is 39.7. The van der Waals surface area contributed by atoms with Crippen molar-refractivity contribution in [3.63, 3.8) is 0 Å². The average Bonchev–Trinajstić information content (AvgIpc) is 3.73. The van der Waals surface area contributed by atoms with Gasteiger partial charge in [-0.3, -0.25) is 0 Å². The molecule has 316 valence electrons. The van der Waals surface area contributed by atoms with Crippen LogP contribution in [0.25, 0.3) is 83.6 Å². The molecule has 0 saturated heterocycles. The van der Waals surface area contributed by atoms with Gasteiger partial charge in [-0.05, 0) is 58.7 Å². The van der Waals surface area contributed by atoms with Gasteiger partial charge in [-0.25, -0.2) is 9.97 Å². The lowest BCUT2D eigenvalue weighted by Crippen LogP contribution is -2.31. The number of hydrogen-bond acceptors (Lipinski definition) is 4. The van der Waals surface area contributed by atoms with Crippen LogP contribution in [0.4, 0.5) is 17.1 Å². The molecule has 11 aromatic rings. The van der Waals surface area contributed by atoms with E-state index in [2.05, 4.69) is 193 Å². The highest BCUT2D eigenvalue weighted by molar-refractivity contribution is 6.17. The Balaban J connectivity index is 1.25. The van der Waals surface area contributed by atoms with Crippen LogP contribution < -0.4 is 4.90 Å². The third-order valence-corrected chi connectivity index (χ3v) is 13.4. The van der Waals surface area contributed by atoms with Gasteiger partial charge in [-0.2, -0.15) is 5.26 Å². The minimum Gasteiger partial charge on any atom is -0.308 e. The lowest BCUT2D eigenvalue weighted by atomic mass is 9.73. The molecule has 9 aromatic carbocycles. The van der Waals surface area contributed by atoms with Crippen LogP contribution in [0.3, 0.4) is 0 Å². The summed E-state index contributed by atoms with van der Waals surface area (Å²) in [6, 6.07) is 81.5. The highest BCUT2D eigenvalue weighted by atomic mass is 15.2. The molecule has 0 atom stereocenters. The monoisotopic (exact) mass is 857 g/mol. The smallest absolute Gasteiger partial charge is 0.160 e. The van der Waals surface area contributed by atoms with E-state index in [4.69, 9.17) is 9.97 Å². The number of fused-ring (bicyclic) bond motifs is 6. The summed E-state index contributed by atoms with van der Waals surface area (Å²) in [5, 5.41) is 13.1. The Morgan fingerprint density at radius 3 is 1.51 bits per heavy atom. The molecule has 2 aromatic heterocycles. The zero-order valence-electron chi connectivity index (χ0n) is 37.1. The molecule has 12 rings (SSSR count). The standard InChI is InChI=1S/C62H43N5/c1-62(2)52-33-19-21-35-55(52)66(46-30-16-7-17-31-46)60-53(62)37-36-48-47-32-18-20-34-54(47)67(59(48)60)58-49(41-22-8-3-9-23-41)38-45(39-50(58)42-24-10-4-11-25-42)61-64-56(43-26-12-5-13-27-43)51(40-63)57(65-61)44-28-14-6-15-29-44/h3-39H,1-2H3. The lowest BCUT2D eigenvalue weighted by molar-refractivity contribution is 0.633. The van der Waals surface area contributed by atoms with Crippen molar-refractivity contribution < 1.29 is 0 Å². The lowest BCUT2D eigenvalue weighted by Gasteiger charge is -2.42.